The molecule has 2 aromatic rings. The summed E-state index contributed by atoms with van der Waals surface area (Å²) >= 11 is 0. The number of hydrogen-bond acceptors (Lipinski definition) is 3. The fourth-order valence-electron chi connectivity index (χ4n) is 2.50. The van der Waals surface area contributed by atoms with E-state index in [1.165, 1.54) is 11.8 Å². The van der Waals surface area contributed by atoms with Crippen LogP contribution in [0.2, 0.25) is 0 Å². The molecule has 0 aromatic carbocycles. The largest absolute Gasteiger partial charge is 0.478 e. The maximum atomic E-state index is 11.0. The predicted octanol–water partition coefficient (Wildman–Crippen LogP) is 2.25. The van der Waals surface area contributed by atoms with Gasteiger partial charge in [-0.05, 0) is 36.1 Å². The van der Waals surface area contributed by atoms with E-state index >= 15 is 0 Å². The first-order valence-corrected chi connectivity index (χ1v) is 5.88. The van der Waals surface area contributed by atoms with E-state index in [2.05, 4.69) is 16.0 Å². The number of aromatic nitrogens is 2. The van der Waals surface area contributed by atoms with E-state index in [0.717, 1.165) is 24.1 Å². The third-order valence-electron chi connectivity index (χ3n) is 3.37. The Morgan fingerprint density at radius 1 is 1.39 bits per heavy atom. The van der Waals surface area contributed by atoms with Crippen LogP contribution in [0.5, 0.6) is 0 Å². The van der Waals surface area contributed by atoms with E-state index in [-0.39, 0.29) is 11.5 Å². The number of aryl methyl sites for hydroxylation is 1. The molecule has 0 spiro atoms. The number of carbonyl (C=O) groups is 1. The standard InChI is InChI=1S/C14H12N2O2/c17-14(18)11-6-10(7-15-8-11)12-4-3-9-2-1-5-16-13(9)12/h1-2,5-8,12H,3-4H2,(H,17,18). The van der Waals surface area contributed by atoms with Gasteiger partial charge in [-0.25, -0.2) is 4.79 Å². The van der Waals surface area contributed by atoms with Crippen LogP contribution in [0.4, 0.5) is 0 Å². The highest BCUT2D eigenvalue weighted by Gasteiger charge is 2.25. The molecule has 2 heterocycles. The molecule has 0 saturated heterocycles. The maximum absolute atomic E-state index is 11.0. The number of aromatic carboxylic acids is 1. The number of pyridine rings is 2. The summed E-state index contributed by atoms with van der Waals surface area (Å²) in [6.07, 6.45) is 6.86. The van der Waals surface area contributed by atoms with Gasteiger partial charge in [-0.1, -0.05) is 6.07 Å². The van der Waals surface area contributed by atoms with Crippen molar-refractivity contribution in [3.8, 4) is 0 Å². The summed E-state index contributed by atoms with van der Waals surface area (Å²) in [6.45, 7) is 0. The lowest BCUT2D eigenvalue weighted by atomic mass is 9.97. The molecule has 1 aliphatic carbocycles. The highest BCUT2D eigenvalue weighted by molar-refractivity contribution is 5.87. The van der Waals surface area contributed by atoms with Crippen LogP contribution in [0.15, 0.2) is 36.8 Å². The summed E-state index contributed by atoms with van der Waals surface area (Å²) in [4.78, 5) is 19.4. The van der Waals surface area contributed by atoms with Crippen LogP contribution in [0.1, 0.15) is 39.5 Å². The monoisotopic (exact) mass is 240 g/mol. The number of carboxylic acids is 1. The van der Waals surface area contributed by atoms with Gasteiger partial charge in [-0.15, -0.1) is 0 Å². The van der Waals surface area contributed by atoms with Gasteiger partial charge in [0.05, 0.1) is 11.3 Å². The van der Waals surface area contributed by atoms with Crippen LogP contribution >= 0.6 is 0 Å². The first-order chi connectivity index (χ1) is 8.75. The van der Waals surface area contributed by atoms with Gasteiger partial charge in [-0.2, -0.15) is 0 Å². The third-order valence-corrected chi connectivity index (χ3v) is 3.37. The Bertz CT molecular complexity index is 610. The van der Waals surface area contributed by atoms with E-state index in [0.29, 0.717) is 0 Å². The molecule has 2 aromatic heterocycles. The summed E-state index contributed by atoms with van der Waals surface area (Å²) in [5.74, 6) is -0.767. The smallest absolute Gasteiger partial charge is 0.337 e. The summed E-state index contributed by atoms with van der Waals surface area (Å²) in [5, 5.41) is 8.99. The fraction of sp³-hybridized carbons (Fsp3) is 0.214. The SMILES string of the molecule is O=C(O)c1cncc(C2CCc3cccnc32)c1. The molecule has 0 fully saturated rings. The van der Waals surface area contributed by atoms with Crippen molar-refractivity contribution in [1.82, 2.24) is 9.97 Å². The van der Waals surface area contributed by atoms with Crippen molar-refractivity contribution in [1.29, 1.82) is 0 Å². The summed E-state index contributed by atoms with van der Waals surface area (Å²) in [7, 11) is 0. The highest BCUT2D eigenvalue weighted by atomic mass is 16.4. The first-order valence-electron chi connectivity index (χ1n) is 5.88. The Balaban J connectivity index is 2.02. The predicted molar refractivity (Wildman–Crippen MR) is 65.6 cm³/mol. The first kappa shape index (κ1) is 10.9. The number of rotatable bonds is 2. The third kappa shape index (κ3) is 1.76. The lowest BCUT2D eigenvalue weighted by molar-refractivity contribution is 0.0696. The van der Waals surface area contributed by atoms with Crippen molar-refractivity contribution in [3.63, 3.8) is 0 Å². The zero-order valence-electron chi connectivity index (χ0n) is 9.71. The normalized spacial score (nSPS) is 17.4. The molecule has 4 nitrogen and oxygen atoms in total. The maximum Gasteiger partial charge on any atom is 0.337 e. The molecule has 1 N–H and O–H groups in total. The molecular formula is C14H12N2O2. The number of nitrogens with zero attached hydrogens (tertiary/aromatic N) is 2. The Morgan fingerprint density at radius 3 is 3.11 bits per heavy atom. The fourth-order valence-corrected chi connectivity index (χ4v) is 2.50. The van der Waals surface area contributed by atoms with Crippen LogP contribution in [0.25, 0.3) is 0 Å². The van der Waals surface area contributed by atoms with Crippen molar-refractivity contribution < 1.29 is 9.90 Å². The van der Waals surface area contributed by atoms with Crippen molar-refractivity contribution in [2.45, 2.75) is 18.8 Å². The topological polar surface area (TPSA) is 63.1 Å². The minimum atomic E-state index is -0.941. The van der Waals surface area contributed by atoms with Gasteiger partial charge in [0.25, 0.3) is 0 Å². The molecular weight excluding hydrogens is 228 g/mol. The summed E-state index contributed by atoms with van der Waals surface area (Å²) in [5.41, 5.74) is 3.48. The minimum absolute atomic E-state index is 0.174. The molecule has 3 rings (SSSR count). The Kier molecular flexibility index (Phi) is 2.55. The molecule has 1 atom stereocenters. The van der Waals surface area contributed by atoms with Gasteiger partial charge >= 0.3 is 5.97 Å². The van der Waals surface area contributed by atoms with E-state index in [4.69, 9.17) is 5.11 Å². The average molecular weight is 240 g/mol. The zero-order valence-corrected chi connectivity index (χ0v) is 9.71. The summed E-state index contributed by atoms with van der Waals surface area (Å²) in [6, 6.07) is 5.72. The Labute approximate surface area is 104 Å². The molecule has 0 saturated carbocycles. The Hall–Kier alpha value is -2.23. The van der Waals surface area contributed by atoms with Gasteiger partial charge in [0, 0.05) is 24.5 Å². The van der Waals surface area contributed by atoms with E-state index in [9.17, 15) is 4.79 Å². The van der Waals surface area contributed by atoms with Crippen LogP contribution in [0.3, 0.4) is 0 Å². The number of carboxylic acid groups (broad SMARTS) is 1. The lowest BCUT2D eigenvalue weighted by Crippen LogP contribution is -2.03. The van der Waals surface area contributed by atoms with Crippen molar-refractivity contribution in [3.05, 3.63) is 59.2 Å². The van der Waals surface area contributed by atoms with Crippen LogP contribution in [-0.2, 0) is 6.42 Å². The van der Waals surface area contributed by atoms with E-state index in [1.807, 2.05) is 6.07 Å². The highest BCUT2D eigenvalue weighted by Crippen LogP contribution is 2.36. The van der Waals surface area contributed by atoms with E-state index < -0.39 is 5.97 Å². The molecule has 0 aliphatic heterocycles. The quantitative estimate of drug-likeness (QED) is 0.874. The summed E-state index contributed by atoms with van der Waals surface area (Å²) < 4.78 is 0. The van der Waals surface area contributed by atoms with Crippen LogP contribution < -0.4 is 0 Å². The molecule has 4 heteroatoms. The number of hydrogen-bond donors (Lipinski definition) is 1. The second kappa shape index (κ2) is 4.22. The van der Waals surface area contributed by atoms with Gasteiger partial charge < -0.3 is 5.11 Å². The lowest BCUT2D eigenvalue weighted by Gasteiger charge is -2.10. The van der Waals surface area contributed by atoms with Gasteiger partial charge in [0.2, 0.25) is 0 Å². The van der Waals surface area contributed by atoms with Crippen molar-refractivity contribution in [2.75, 3.05) is 0 Å². The van der Waals surface area contributed by atoms with Crippen LogP contribution in [0, 0.1) is 0 Å². The Morgan fingerprint density at radius 2 is 2.28 bits per heavy atom. The second-order valence-electron chi connectivity index (χ2n) is 4.45. The van der Waals surface area contributed by atoms with Crippen molar-refractivity contribution in [2.24, 2.45) is 0 Å². The van der Waals surface area contributed by atoms with Gasteiger partial charge in [0.1, 0.15) is 0 Å². The molecule has 18 heavy (non-hydrogen) atoms. The van der Waals surface area contributed by atoms with Gasteiger partial charge in [-0.3, -0.25) is 9.97 Å². The molecule has 1 aliphatic rings. The molecule has 1 unspecified atom stereocenters. The second-order valence-corrected chi connectivity index (χ2v) is 4.45. The van der Waals surface area contributed by atoms with Gasteiger partial charge in [0.15, 0.2) is 0 Å². The minimum Gasteiger partial charge on any atom is -0.478 e. The van der Waals surface area contributed by atoms with E-state index in [1.54, 1.807) is 18.5 Å². The molecule has 0 amide bonds. The zero-order chi connectivity index (χ0) is 12.5. The molecule has 0 radical (unpaired) electrons. The molecule has 90 valence electrons. The van der Waals surface area contributed by atoms with Crippen molar-refractivity contribution >= 4 is 5.97 Å². The average Bonchev–Trinajstić information content (AvgIpc) is 2.82. The number of fused-ring (bicyclic) bond motifs is 1. The molecule has 0 bridgehead atoms. The van der Waals surface area contributed by atoms with Crippen LogP contribution in [-0.4, -0.2) is 21.0 Å².